The maximum absolute atomic E-state index is 12.0. The van der Waals surface area contributed by atoms with E-state index in [1.165, 1.54) is 0 Å². The molecule has 0 unspecified atom stereocenters. The largest absolute Gasteiger partial charge is 0.497 e. The standard InChI is InChI=1S/C18H19ClN2O3/c1-12(16-9-8-15(23-2)11-17(16)24-3)20-21-18(22)10-13-4-6-14(19)7-5-13/h4-9,11H,10H2,1-3H3,(H,21,22)/b20-12-. The number of carbonyl (C=O) groups excluding carboxylic acids is 1. The zero-order valence-electron chi connectivity index (χ0n) is 13.8. The van der Waals surface area contributed by atoms with Crippen molar-refractivity contribution in [2.75, 3.05) is 14.2 Å². The molecule has 0 aromatic heterocycles. The lowest BCUT2D eigenvalue weighted by molar-refractivity contribution is -0.120. The Hall–Kier alpha value is -2.53. The predicted molar refractivity (Wildman–Crippen MR) is 95.1 cm³/mol. The summed E-state index contributed by atoms with van der Waals surface area (Å²) in [6.07, 6.45) is 0.230. The van der Waals surface area contributed by atoms with E-state index in [4.69, 9.17) is 21.1 Å². The number of hydrazone groups is 1. The number of nitrogens with one attached hydrogen (secondary N) is 1. The van der Waals surface area contributed by atoms with E-state index in [1.807, 2.05) is 24.3 Å². The third-order valence-corrected chi connectivity index (χ3v) is 3.68. The molecule has 6 heteroatoms. The fourth-order valence-corrected chi connectivity index (χ4v) is 2.26. The summed E-state index contributed by atoms with van der Waals surface area (Å²) in [6, 6.07) is 12.5. The maximum Gasteiger partial charge on any atom is 0.244 e. The van der Waals surface area contributed by atoms with Crippen molar-refractivity contribution in [3.8, 4) is 11.5 Å². The first kappa shape index (κ1) is 17.8. The summed E-state index contributed by atoms with van der Waals surface area (Å²) >= 11 is 5.83. The van der Waals surface area contributed by atoms with Gasteiger partial charge in [0.2, 0.25) is 5.91 Å². The van der Waals surface area contributed by atoms with Crippen LogP contribution in [-0.4, -0.2) is 25.8 Å². The van der Waals surface area contributed by atoms with Crippen molar-refractivity contribution in [2.45, 2.75) is 13.3 Å². The number of halogens is 1. The zero-order valence-corrected chi connectivity index (χ0v) is 14.6. The molecule has 24 heavy (non-hydrogen) atoms. The minimum Gasteiger partial charge on any atom is -0.497 e. The van der Waals surface area contributed by atoms with Gasteiger partial charge >= 0.3 is 0 Å². The van der Waals surface area contributed by atoms with Crippen LogP contribution in [0.3, 0.4) is 0 Å². The number of amides is 1. The molecule has 0 fully saturated rings. The molecule has 2 aromatic carbocycles. The van der Waals surface area contributed by atoms with Crippen LogP contribution in [0, 0.1) is 0 Å². The number of rotatable bonds is 6. The number of ether oxygens (including phenoxy) is 2. The Bertz CT molecular complexity index is 742. The van der Waals surface area contributed by atoms with Gasteiger partial charge in [0.1, 0.15) is 11.5 Å². The van der Waals surface area contributed by atoms with Crippen LogP contribution in [0.2, 0.25) is 5.02 Å². The highest BCUT2D eigenvalue weighted by molar-refractivity contribution is 6.30. The summed E-state index contributed by atoms with van der Waals surface area (Å²) in [5.41, 5.74) is 4.84. The maximum atomic E-state index is 12.0. The number of nitrogens with zero attached hydrogens (tertiary/aromatic N) is 1. The molecule has 5 nitrogen and oxygen atoms in total. The summed E-state index contributed by atoms with van der Waals surface area (Å²) in [4.78, 5) is 12.0. The molecule has 0 aliphatic heterocycles. The number of benzene rings is 2. The zero-order chi connectivity index (χ0) is 17.5. The second-order valence-corrected chi connectivity index (χ2v) is 5.54. The lowest BCUT2D eigenvalue weighted by Gasteiger charge is -2.10. The highest BCUT2D eigenvalue weighted by Gasteiger charge is 2.09. The molecule has 0 aliphatic carbocycles. The van der Waals surface area contributed by atoms with Crippen molar-refractivity contribution >= 4 is 23.2 Å². The van der Waals surface area contributed by atoms with Gasteiger partial charge in [-0.3, -0.25) is 4.79 Å². The first-order valence-electron chi connectivity index (χ1n) is 7.33. The van der Waals surface area contributed by atoms with E-state index in [2.05, 4.69) is 10.5 Å². The van der Waals surface area contributed by atoms with Gasteiger partial charge in [-0.1, -0.05) is 23.7 Å². The SMILES string of the molecule is COc1ccc(/C(C)=N\NC(=O)Cc2ccc(Cl)cc2)c(OC)c1. The van der Waals surface area contributed by atoms with Crippen LogP contribution in [-0.2, 0) is 11.2 Å². The van der Waals surface area contributed by atoms with Crippen LogP contribution in [0.25, 0.3) is 0 Å². The van der Waals surface area contributed by atoms with Gasteiger partial charge in [-0.15, -0.1) is 0 Å². The van der Waals surface area contributed by atoms with Gasteiger partial charge in [0.25, 0.3) is 0 Å². The van der Waals surface area contributed by atoms with Gasteiger partial charge in [-0.05, 0) is 36.8 Å². The third-order valence-electron chi connectivity index (χ3n) is 3.42. The van der Waals surface area contributed by atoms with E-state index < -0.39 is 0 Å². The van der Waals surface area contributed by atoms with E-state index in [0.29, 0.717) is 22.2 Å². The lowest BCUT2D eigenvalue weighted by Crippen LogP contribution is -2.21. The quantitative estimate of drug-likeness (QED) is 0.644. The minimum atomic E-state index is -0.204. The molecule has 2 rings (SSSR count). The highest BCUT2D eigenvalue weighted by atomic mass is 35.5. The Morgan fingerprint density at radius 3 is 2.46 bits per heavy atom. The van der Waals surface area contributed by atoms with Crippen LogP contribution in [0.1, 0.15) is 18.1 Å². The molecule has 0 bridgehead atoms. The summed E-state index contributed by atoms with van der Waals surface area (Å²) < 4.78 is 10.5. The van der Waals surface area contributed by atoms with Gasteiger partial charge in [0.05, 0.1) is 26.4 Å². The molecule has 0 saturated carbocycles. The third kappa shape index (κ3) is 4.73. The monoisotopic (exact) mass is 346 g/mol. The Morgan fingerprint density at radius 1 is 1.12 bits per heavy atom. The molecular formula is C18H19ClN2O3. The molecule has 0 saturated heterocycles. The number of methoxy groups -OCH3 is 2. The Morgan fingerprint density at radius 2 is 1.83 bits per heavy atom. The van der Waals surface area contributed by atoms with E-state index >= 15 is 0 Å². The molecular weight excluding hydrogens is 328 g/mol. The highest BCUT2D eigenvalue weighted by Crippen LogP contribution is 2.25. The van der Waals surface area contributed by atoms with E-state index in [0.717, 1.165) is 11.1 Å². The van der Waals surface area contributed by atoms with Crippen LogP contribution in [0.4, 0.5) is 0 Å². The van der Waals surface area contributed by atoms with Crippen LogP contribution < -0.4 is 14.9 Å². The van der Waals surface area contributed by atoms with Gasteiger partial charge in [0, 0.05) is 16.7 Å². The number of hydrogen-bond acceptors (Lipinski definition) is 4. The summed E-state index contributed by atoms with van der Waals surface area (Å²) in [5.74, 6) is 1.11. The first-order valence-corrected chi connectivity index (χ1v) is 7.71. The normalized spacial score (nSPS) is 11.1. The van der Waals surface area contributed by atoms with Crippen molar-refractivity contribution in [1.82, 2.24) is 5.43 Å². The van der Waals surface area contributed by atoms with Crippen LogP contribution in [0.15, 0.2) is 47.6 Å². The summed E-state index contributed by atoms with van der Waals surface area (Å²) in [6.45, 7) is 1.80. The molecule has 0 atom stereocenters. The van der Waals surface area contributed by atoms with Crippen molar-refractivity contribution < 1.29 is 14.3 Å². The Labute approximate surface area is 146 Å². The van der Waals surface area contributed by atoms with Gasteiger partial charge in [-0.2, -0.15) is 5.10 Å². The number of hydrogen-bond donors (Lipinski definition) is 1. The van der Waals surface area contributed by atoms with Gasteiger partial charge < -0.3 is 9.47 Å². The first-order chi connectivity index (χ1) is 11.5. The Balaban J connectivity index is 2.05. The van der Waals surface area contributed by atoms with Crippen molar-refractivity contribution in [3.05, 3.63) is 58.6 Å². The van der Waals surface area contributed by atoms with Crippen molar-refractivity contribution in [3.63, 3.8) is 0 Å². The van der Waals surface area contributed by atoms with E-state index in [-0.39, 0.29) is 12.3 Å². The predicted octanol–water partition coefficient (Wildman–Crippen LogP) is 3.44. The molecule has 1 N–H and O–H groups in total. The fraction of sp³-hybridized carbons (Fsp3) is 0.222. The second kappa shape index (κ2) is 8.36. The average Bonchev–Trinajstić information content (AvgIpc) is 2.61. The molecule has 0 heterocycles. The van der Waals surface area contributed by atoms with Crippen LogP contribution in [0.5, 0.6) is 11.5 Å². The van der Waals surface area contributed by atoms with Crippen molar-refractivity contribution in [1.29, 1.82) is 0 Å². The van der Waals surface area contributed by atoms with Crippen LogP contribution >= 0.6 is 11.6 Å². The molecule has 0 aliphatic rings. The molecule has 0 spiro atoms. The fourth-order valence-electron chi connectivity index (χ4n) is 2.13. The topological polar surface area (TPSA) is 59.9 Å². The molecule has 1 amide bonds. The second-order valence-electron chi connectivity index (χ2n) is 5.10. The van der Waals surface area contributed by atoms with Gasteiger partial charge in [-0.25, -0.2) is 5.43 Å². The molecule has 0 radical (unpaired) electrons. The smallest absolute Gasteiger partial charge is 0.244 e. The van der Waals surface area contributed by atoms with E-state index in [1.54, 1.807) is 39.3 Å². The molecule has 2 aromatic rings. The van der Waals surface area contributed by atoms with Crippen molar-refractivity contribution in [2.24, 2.45) is 5.10 Å². The summed E-state index contributed by atoms with van der Waals surface area (Å²) in [7, 11) is 3.16. The summed E-state index contributed by atoms with van der Waals surface area (Å²) in [5, 5.41) is 4.78. The van der Waals surface area contributed by atoms with Gasteiger partial charge in [0.15, 0.2) is 0 Å². The minimum absolute atomic E-state index is 0.204. The average molecular weight is 347 g/mol. The number of carbonyl (C=O) groups is 1. The Kier molecular flexibility index (Phi) is 6.21. The molecule has 126 valence electrons. The lowest BCUT2D eigenvalue weighted by atomic mass is 10.1. The van der Waals surface area contributed by atoms with E-state index in [9.17, 15) is 4.79 Å².